The number of fused-ring (bicyclic) bond motifs is 1. The number of rotatable bonds is 6. The molecule has 0 saturated heterocycles. The summed E-state index contributed by atoms with van der Waals surface area (Å²) < 4.78 is 1.90. The predicted octanol–water partition coefficient (Wildman–Crippen LogP) is 4.80. The Hall–Kier alpha value is -3.95. The highest BCUT2D eigenvalue weighted by Crippen LogP contribution is 2.35. The van der Waals surface area contributed by atoms with E-state index in [0.29, 0.717) is 23.6 Å². The maximum atomic E-state index is 12.8. The van der Waals surface area contributed by atoms with Crippen LogP contribution in [0, 0.1) is 11.3 Å². The van der Waals surface area contributed by atoms with Gasteiger partial charge < -0.3 is 9.47 Å². The van der Waals surface area contributed by atoms with Crippen molar-refractivity contribution < 1.29 is 4.79 Å². The van der Waals surface area contributed by atoms with Gasteiger partial charge in [-0.05, 0) is 46.4 Å². The molecule has 0 fully saturated rings. The van der Waals surface area contributed by atoms with Crippen LogP contribution >= 0.6 is 11.6 Å². The number of aryl methyl sites for hydroxylation is 2. The Balaban J connectivity index is 1.34. The van der Waals surface area contributed by atoms with Crippen LogP contribution in [0.25, 0.3) is 11.1 Å². The molecule has 2 heterocycles. The van der Waals surface area contributed by atoms with Crippen molar-refractivity contribution in [1.82, 2.24) is 14.8 Å². The lowest BCUT2D eigenvalue weighted by Gasteiger charge is -2.19. The Bertz CT molecular complexity index is 1360. The van der Waals surface area contributed by atoms with E-state index in [-0.39, 0.29) is 5.91 Å². The maximum Gasteiger partial charge on any atom is 0.231 e. The second-order valence-electron chi connectivity index (χ2n) is 8.03. The minimum atomic E-state index is 0.0657. The second kappa shape index (κ2) is 8.89. The first-order valence-electron chi connectivity index (χ1n) is 10.6. The van der Waals surface area contributed by atoms with Gasteiger partial charge in [0.1, 0.15) is 12.7 Å². The first-order valence-corrected chi connectivity index (χ1v) is 11.0. The van der Waals surface area contributed by atoms with Crippen LogP contribution in [0.15, 0.2) is 73.3 Å². The van der Waals surface area contributed by atoms with Crippen LogP contribution in [-0.4, -0.2) is 20.7 Å². The molecule has 3 aromatic carbocycles. The molecule has 1 aliphatic rings. The molecule has 0 radical (unpaired) electrons. The largest absolute Gasteiger partial charge is 0.320 e. The second-order valence-corrected chi connectivity index (χ2v) is 8.44. The molecule has 162 valence electrons. The molecule has 0 atom stereocenters. The lowest BCUT2D eigenvalue weighted by Crippen LogP contribution is -2.25. The highest BCUT2D eigenvalue weighted by atomic mass is 35.5. The highest BCUT2D eigenvalue weighted by Gasteiger charge is 2.28. The summed E-state index contributed by atoms with van der Waals surface area (Å²) in [6.07, 6.45) is 4.47. The van der Waals surface area contributed by atoms with E-state index in [4.69, 9.17) is 11.6 Å². The van der Waals surface area contributed by atoms with Crippen LogP contribution in [0.5, 0.6) is 0 Å². The maximum absolute atomic E-state index is 12.8. The summed E-state index contributed by atoms with van der Waals surface area (Å²) >= 11 is 6.58. The molecule has 1 aromatic heterocycles. The summed E-state index contributed by atoms with van der Waals surface area (Å²) in [6.45, 7) is 1.20. The number of carbonyl (C=O) groups is 1. The summed E-state index contributed by atoms with van der Waals surface area (Å²) in [4.78, 5) is 14.6. The van der Waals surface area contributed by atoms with Crippen LogP contribution in [0.2, 0.25) is 5.02 Å². The number of benzene rings is 3. The number of hydrogen-bond donors (Lipinski definition) is 0. The van der Waals surface area contributed by atoms with Crippen molar-refractivity contribution in [1.29, 1.82) is 5.26 Å². The van der Waals surface area contributed by atoms with Gasteiger partial charge >= 0.3 is 0 Å². The first-order chi connectivity index (χ1) is 16.1. The molecule has 0 aliphatic carbocycles. The number of hydrogen-bond acceptors (Lipinski definition) is 4. The molecule has 1 aliphatic heterocycles. The van der Waals surface area contributed by atoms with Crippen LogP contribution in [0.3, 0.4) is 0 Å². The molecule has 0 N–H and O–H groups in total. The van der Waals surface area contributed by atoms with E-state index in [9.17, 15) is 10.1 Å². The highest BCUT2D eigenvalue weighted by molar-refractivity contribution is 6.32. The first kappa shape index (κ1) is 20.9. The van der Waals surface area contributed by atoms with Gasteiger partial charge in [0.2, 0.25) is 5.91 Å². The Morgan fingerprint density at radius 3 is 2.55 bits per heavy atom. The Morgan fingerprint density at radius 2 is 1.79 bits per heavy atom. The average molecular weight is 454 g/mol. The zero-order chi connectivity index (χ0) is 22.8. The third-order valence-corrected chi connectivity index (χ3v) is 6.29. The van der Waals surface area contributed by atoms with E-state index in [0.717, 1.165) is 46.5 Å². The SMILES string of the molecule is N#Cc1ccccc1-c1ccc(CN2C(=O)Cc3cc(CCn4cnnc4)c(Cl)cc32)cc1. The minimum Gasteiger partial charge on any atom is -0.320 e. The summed E-state index contributed by atoms with van der Waals surface area (Å²) in [7, 11) is 0. The van der Waals surface area contributed by atoms with Gasteiger partial charge in [0.05, 0.1) is 24.6 Å². The molecule has 1 amide bonds. The number of nitriles is 1. The van der Waals surface area contributed by atoms with Gasteiger partial charge in [-0.1, -0.05) is 60.1 Å². The van der Waals surface area contributed by atoms with E-state index < -0.39 is 0 Å². The minimum absolute atomic E-state index is 0.0657. The number of anilines is 1. The van der Waals surface area contributed by atoms with Crippen molar-refractivity contribution in [3.05, 3.63) is 101 Å². The summed E-state index contributed by atoms with van der Waals surface area (Å²) in [5, 5.41) is 17.7. The summed E-state index contributed by atoms with van der Waals surface area (Å²) in [6, 6.07) is 21.7. The van der Waals surface area contributed by atoms with E-state index in [1.807, 2.05) is 65.2 Å². The summed E-state index contributed by atoms with van der Waals surface area (Å²) in [5.41, 5.74) is 6.43. The van der Waals surface area contributed by atoms with Crippen LogP contribution in [0.1, 0.15) is 22.3 Å². The lowest BCUT2D eigenvalue weighted by molar-refractivity contribution is -0.117. The van der Waals surface area contributed by atoms with Crippen molar-refractivity contribution >= 4 is 23.2 Å². The molecule has 0 spiro atoms. The lowest BCUT2D eigenvalue weighted by atomic mass is 9.99. The number of nitrogens with zero attached hydrogens (tertiary/aromatic N) is 5. The van der Waals surface area contributed by atoms with Gasteiger partial charge in [-0.3, -0.25) is 4.79 Å². The zero-order valence-corrected chi connectivity index (χ0v) is 18.5. The molecule has 33 heavy (non-hydrogen) atoms. The zero-order valence-electron chi connectivity index (χ0n) is 17.8. The molecule has 7 heteroatoms. The molecule has 0 saturated carbocycles. The summed E-state index contributed by atoms with van der Waals surface area (Å²) in [5.74, 6) is 0.0657. The topological polar surface area (TPSA) is 74.8 Å². The Kier molecular flexibility index (Phi) is 5.64. The Labute approximate surface area is 196 Å². The van der Waals surface area contributed by atoms with Crippen LogP contribution in [0.4, 0.5) is 5.69 Å². The van der Waals surface area contributed by atoms with Gasteiger partial charge in [-0.15, -0.1) is 10.2 Å². The fraction of sp³-hybridized carbons (Fsp3) is 0.154. The van der Waals surface area contributed by atoms with Crippen molar-refractivity contribution in [2.45, 2.75) is 25.9 Å². The van der Waals surface area contributed by atoms with Gasteiger partial charge in [0.25, 0.3) is 0 Å². The molecule has 0 unspecified atom stereocenters. The van der Waals surface area contributed by atoms with Gasteiger partial charge in [0, 0.05) is 17.3 Å². The predicted molar refractivity (Wildman–Crippen MR) is 127 cm³/mol. The van der Waals surface area contributed by atoms with E-state index in [2.05, 4.69) is 16.3 Å². The van der Waals surface area contributed by atoms with Crippen molar-refractivity contribution in [3.8, 4) is 17.2 Å². The standard InChI is InChI=1S/C26H20ClN5O/c27-24-13-25-22(11-20(24)9-10-31-16-29-30-17-31)12-26(33)32(25)15-18-5-7-19(8-6-18)23-4-2-1-3-21(23)14-28/h1-8,11,13,16-17H,9-10,12,15H2. The van der Waals surface area contributed by atoms with Gasteiger partial charge in [-0.25, -0.2) is 0 Å². The van der Waals surface area contributed by atoms with Gasteiger partial charge in [-0.2, -0.15) is 5.26 Å². The number of carbonyl (C=O) groups excluding carboxylic acids is 1. The normalized spacial score (nSPS) is 12.6. The monoisotopic (exact) mass is 453 g/mol. The van der Waals surface area contributed by atoms with Crippen molar-refractivity contribution in [3.63, 3.8) is 0 Å². The van der Waals surface area contributed by atoms with Crippen LogP contribution in [-0.2, 0) is 30.7 Å². The molecular formula is C26H20ClN5O. The number of amides is 1. The third kappa shape index (κ3) is 4.23. The average Bonchev–Trinajstić information content (AvgIpc) is 3.46. The van der Waals surface area contributed by atoms with Crippen molar-refractivity contribution in [2.24, 2.45) is 0 Å². The smallest absolute Gasteiger partial charge is 0.231 e. The fourth-order valence-corrected chi connectivity index (χ4v) is 4.45. The quantitative estimate of drug-likeness (QED) is 0.420. The van der Waals surface area contributed by atoms with Crippen molar-refractivity contribution in [2.75, 3.05) is 4.90 Å². The molecule has 0 bridgehead atoms. The molecule has 4 aromatic rings. The van der Waals surface area contributed by atoms with Gasteiger partial charge in [0.15, 0.2) is 0 Å². The molecule has 6 nitrogen and oxygen atoms in total. The van der Waals surface area contributed by atoms with Crippen LogP contribution < -0.4 is 4.90 Å². The Morgan fingerprint density at radius 1 is 1.03 bits per heavy atom. The van der Waals surface area contributed by atoms with E-state index in [1.165, 1.54) is 0 Å². The van der Waals surface area contributed by atoms with E-state index in [1.54, 1.807) is 17.6 Å². The van der Waals surface area contributed by atoms with E-state index >= 15 is 0 Å². The third-order valence-electron chi connectivity index (χ3n) is 5.94. The number of halogens is 1. The fourth-order valence-electron chi connectivity index (χ4n) is 4.20. The molecule has 5 rings (SSSR count). The molecular weight excluding hydrogens is 434 g/mol. The number of aromatic nitrogens is 3.